The number of ether oxygens (including phenoxy) is 2. The summed E-state index contributed by atoms with van der Waals surface area (Å²) in [5.74, 6) is 0.639. The molecule has 1 aromatic heterocycles. The first kappa shape index (κ1) is 12.9. The quantitative estimate of drug-likeness (QED) is 0.661. The Morgan fingerprint density at radius 2 is 2.05 bits per heavy atom. The second-order valence-electron chi connectivity index (χ2n) is 4.86. The molecule has 3 rings (SSSR count). The number of fused-ring (bicyclic) bond motifs is 1. The summed E-state index contributed by atoms with van der Waals surface area (Å²) in [6.45, 7) is 1.42. The molecule has 0 amide bonds. The number of aromatic nitrogens is 1. The van der Waals surface area contributed by atoms with Gasteiger partial charge in [0, 0.05) is 24.4 Å². The number of rotatable bonds is 3. The molecule has 2 heterocycles. The third kappa shape index (κ3) is 2.44. The zero-order chi connectivity index (χ0) is 13.9. The van der Waals surface area contributed by atoms with Crippen LogP contribution in [0.3, 0.4) is 0 Å². The van der Waals surface area contributed by atoms with Gasteiger partial charge in [0.25, 0.3) is 0 Å². The maximum atomic E-state index is 7.70. The Labute approximate surface area is 117 Å². The summed E-state index contributed by atoms with van der Waals surface area (Å²) < 4.78 is 11.5. The second kappa shape index (κ2) is 5.46. The van der Waals surface area contributed by atoms with Gasteiger partial charge in [0.1, 0.15) is 17.7 Å². The minimum Gasteiger partial charge on any atom is -0.489 e. The molecule has 1 aliphatic rings. The number of nitrogens with two attached hydrogens (primary N) is 1. The molecular formula is C15H17N3O2. The lowest BCUT2D eigenvalue weighted by Crippen LogP contribution is -2.27. The Hall–Kier alpha value is -2.14. The number of pyridine rings is 1. The standard InChI is InChI=1S/C15H17N3O2/c16-15(17)12-9-18-13-4-2-1-3-11(13)14(12)20-10-5-7-19-8-6-10/h1-4,9-10H,5-8H2,(H3,16,17). The fourth-order valence-corrected chi connectivity index (χ4v) is 2.40. The van der Waals surface area contributed by atoms with Crippen molar-refractivity contribution in [2.24, 2.45) is 5.73 Å². The highest BCUT2D eigenvalue weighted by molar-refractivity contribution is 6.02. The molecule has 0 atom stereocenters. The predicted molar refractivity (Wildman–Crippen MR) is 77.2 cm³/mol. The van der Waals surface area contributed by atoms with Crippen molar-refractivity contribution in [2.75, 3.05) is 13.2 Å². The Bertz CT molecular complexity index is 636. The molecule has 0 unspecified atom stereocenters. The van der Waals surface area contributed by atoms with Crippen LogP contribution in [0.5, 0.6) is 5.75 Å². The Kier molecular flexibility index (Phi) is 3.52. The minimum absolute atomic E-state index is 0.0229. The molecule has 1 saturated heterocycles. The Morgan fingerprint density at radius 1 is 1.30 bits per heavy atom. The summed E-state index contributed by atoms with van der Waals surface area (Å²) in [6, 6.07) is 7.74. The van der Waals surface area contributed by atoms with Gasteiger partial charge in [0.15, 0.2) is 0 Å². The summed E-state index contributed by atoms with van der Waals surface area (Å²) in [6.07, 6.45) is 3.43. The molecule has 3 N–H and O–H groups in total. The van der Waals surface area contributed by atoms with Crippen LogP contribution in [0, 0.1) is 5.41 Å². The molecule has 1 aromatic carbocycles. The van der Waals surface area contributed by atoms with E-state index in [1.807, 2.05) is 24.3 Å². The van der Waals surface area contributed by atoms with Gasteiger partial charge in [-0.2, -0.15) is 0 Å². The molecule has 104 valence electrons. The summed E-state index contributed by atoms with van der Waals surface area (Å²) in [5, 5.41) is 8.60. The van der Waals surface area contributed by atoms with E-state index in [-0.39, 0.29) is 11.9 Å². The lowest BCUT2D eigenvalue weighted by atomic mass is 10.1. The average molecular weight is 271 g/mol. The summed E-state index contributed by atoms with van der Waals surface area (Å²) in [7, 11) is 0. The number of amidine groups is 1. The van der Waals surface area contributed by atoms with Crippen LogP contribution < -0.4 is 10.5 Å². The van der Waals surface area contributed by atoms with Gasteiger partial charge in [-0.15, -0.1) is 0 Å². The van der Waals surface area contributed by atoms with E-state index >= 15 is 0 Å². The zero-order valence-electron chi connectivity index (χ0n) is 11.1. The van der Waals surface area contributed by atoms with Gasteiger partial charge in [-0.25, -0.2) is 0 Å². The third-order valence-corrected chi connectivity index (χ3v) is 3.47. The minimum atomic E-state index is -0.0229. The molecule has 1 fully saturated rings. The van der Waals surface area contributed by atoms with Crippen molar-refractivity contribution in [3.05, 3.63) is 36.0 Å². The fourth-order valence-electron chi connectivity index (χ4n) is 2.40. The van der Waals surface area contributed by atoms with E-state index < -0.39 is 0 Å². The normalized spacial score (nSPS) is 16.2. The largest absolute Gasteiger partial charge is 0.489 e. The molecule has 5 heteroatoms. The first-order valence-electron chi connectivity index (χ1n) is 6.72. The Balaban J connectivity index is 2.04. The van der Waals surface area contributed by atoms with Crippen molar-refractivity contribution in [2.45, 2.75) is 18.9 Å². The van der Waals surface area contributed by atoms with E-state index in [0.29, 0.717) is 24.5 Å². The van der Waals surface area contributed by atoms with Crippen molar-refractivity contribution in [1.82, 2.24) is 4.98 Å². The van der Waals surface area contributed by atoms with Crippen molar-refractivity contribution >= 4 is 16.7 Å². The number of hydrogen-bond donors (Lipinski definition) is 2. The average Bonchev–Trinajstić information content (AvgIpc) is 2.48. The van der Waals surface area contributed by atoms with Crippen LogP contribution in [0.4, 0.5) is 0 Å². The number of nitrogens with one attached hydrogen (secondary N) is 1. The van der Waals surface area contributed by atoms with Crippen LogP contribution in [0.25, 0.3) is 10.9 Å². The molecule has 0 bridgehead atoms. The van der Waals surface area contributed by atoms with Crippen LogP contribution in [0.2, 0.25) is 0 Å². The number of nitrogens with zero attached hydrogens (tertiary/aromatic N) is 1. The van der Waals surface area contributed by atoms with Crippen molar-refractivity contribution in [3.63, 3.8) is 0 Å². The van der Waals surface area contributed by atoms with Crippen LogP contribution in [0.1, 0.15) is 18.4 Å². The van der Waals surface area contributed by atoms with E-state index in [0.717, 1.165) is 23.7 Å². The fraction of sp³-hybridized carbons (Fsp3) is 0.333. The highest BCUT2D eigenvalue weighted by atomic mass is 16.5. The van der Waals surface area contributed by atoms with Crippen LogP contribution in [-0.2, 0) is 4.74 Å². The SMILES string of the molecule is N=C(N)c1cnc2ccccc2c1OC1CCOCC1. The number of hydrogen-bond acceptors (Lipinski definition) is 4. The zero-order valence-corrected chi connectivity index (χ0v) is 11.1. The monoisotopic (exact) mass is 271 g/mol. The lowest BCUT2D eigenvalue weighted by Gasteiger charge is -2.25. The van der Waals surface area contributed by atoms with Gasteiger partial charge >= 0.3 is 0 Å². The molecule has 0 radical (unpaired) electrons. The van der Waals surface area contributed by atoms with Gasteiger partial charge in [0.05, 0.1) is 24.3 Å². The lowest BCUT2D eigenvalue weighted by molar-refractivity contribution is 0.0261. The number of para-hydroxylation sites is 1. The van der Waals surface area contributed by atoms with Gasteiger partial charge in [-0.1, -0.05) is 12.1 Å². The second-order valence-corrected chi connectivity index (χ2v) is 4.86. The number of benzene rings is 1. The third-order valence-electron chi connectivity index (χ3n) is 3.47. The van der Waals surface area contributed by atoms with Gasteiger partial charge < -0.3 is 15.2 Å². The topological polar surface area (TPSA) is 81.2 Å². The number of nitrogen functional groups attached to an aromatic ring is 1. The van der Waals surface area contributed by atoms with Gasteiger partial charge in [-0.05, 0) is 12.1 Å². The predicted octanol–water partition coefficient (Wildman–Crippen LogP) is 2.08. The summed E-state index contributed by atoms with van der Waals surface area (Å²) in [5.41, 5.74) is 7.05. The van der Waals surface area contributed by atoms with E-state index in [9.17, 15) is 0 Å². The first-order chi connectivity index (χ1) is 9.75. The molecular weight excluding hydrogens is 254 g/mol. The van der Waals surface area contributed by atoms with Crippen molar-refractivity contribution in [3.8, 4) is 5.75 Å². The summed E-state index contributed by atoms with van der Waals surface area (Å²) >= 11 is 0. The highest BCUT2D eigenvalue weighted by Gasteiger charge is 2.19. The van der Waals surface area contributed by atoms with Crippen LogP contribution >= 0.6 is 0 Å². The van der Waals surface area contributed by atoms with E-state index in [4.69, 9.17) is 20.6 Å². The van der Waals surface area contributed by atoms with Crippen molar-refractivity contribution < 1.29 is 9.47 Å². The smallest absolute Gasteiger partial charge is 0.141 e. The maximum absolute atomic E-state index is 7.70. The summed E-state index contributed by atoms with van der Waals surface area (Å²) in [4.78, 5) is 4.33. The molecule has 0 aliphatic carbocycles. The maximum Gasteiger partial charge on any atom is 0.141 e. The van der Waals surface area contributed by atoms with E-state index in [2.05, 4.69) is 4.98 Å². The van der Waals surface area contributed by atoms with Gasteiger partial charge in [-0.3, -0.25) is 10.4 Å². The molecule has 20 heavy (non-hydrogen) atoms. The molecule has 2 aromatic rings. The first-order valence-corrected chi connectivity index (χ1v) is 6.72. The van der Waals surface area contributed by atoms with Crippen LogP contribution in [-0.4, -0.2) is 30.1 Å². The van der Waals surface area contributed by atoms with E-state index in [1.165, 1.54) is 0 Å². The van der Waals surface area contributed by atoms with Crippen LogP contribution in [0.15, 0.2) is 30.5 Å². The molecule has 0 saturated carbocycles. The highest BCUT2D eigenvalue weighted by Crippen LogP contribution is 2.30. The van der Waals surface area contributed by atoms with E-state index in [1.54, 1.807) is 6.20 Å². The molecule has 1 aliphatic heterocycles. The van der Waals surface area contributed by atoms with Crippen molar-refractivity contribution in [1.29, 1.82) is 5.41 Å². The Morgan fingerprint density at radius 3 is 2.80 bits per heavy atom. The van der Waals surface area contributed by atoms with Gasteiger partial charge in [0.2, 0.25) is 0 Å². The molecule has 0 spiro atoms. The molecule has 5 nitrogen and oxygen atoms in total.